The van der Waals surface area contributed by atoms with E-state index in [2.05, 4.69) is 15.9 Å². The number of hydrogen-bond acceptors (Lipinski definition) is 6. The number of ether oxygens (including phenoxy) is 1. The Balaban J connectivity index is 0.00000312. The zero-order valence-electron chi connectivity index (χ0n) is 13.5. The van der Waals surface area contributed by atoms with Crippen LogP contribution in [0.25, 0.3) is 0 Å². The maximum Gasteiger partial charge on any atom is 0.169 e. The van der Waals surface area contributed by atoms with Crippen LogP contribution in [-0.2, 0) is 22.2 Å². The summed E-state index contributed by atoms with van der Waals surface area (Å²) in [6.45, 7) is -0.334. The molecular formula is C16H24BrClO6S. The van der Waals surface area contributed by atoms with E-state index in [1.54, 1.807) is 0 Å². The van der Waals surface area contributed by atoms with Gasteiger partial charge in [-0.25, -0.2) is 0 Å². The van der Waals surface area contributed by atoms with Crippen LogP contribution in [0.5, 0.6) is 0 Å². The van der Waals surface area contributed by atoms with Gasteiger partial charge in [-0.3, -0.25) is 0 Å². The Kier molecular flexibility index (Phi) is 10.2. The first-order valence-corrected chi connectivity index (χ1v) is 10.2. The van der Waals surface area contributed by atoms with Crippen molar-refractivity contribution in [2.75, 3.05) is 24.7 Å². The van der Waals surface area contributed by atoms with Gasteiger partial charge in [-0.15, -0.1) is 0 Å². The molecule has 0 radical (unpaired) electrons. The molecule has 9 heteroatoms. The first-order valence-electron chi connectivity index (χ1n) is 7.75. The molecule has 1 fully saturated rings. The predicted molar refractivity (Wildman–Crippen MR) is 95.8 cm³/mol. The van der Waals surface area contributed by atoms with Gasteiger partial charge in [0.2, 0.25) is 0 Å². The molecule has 0 amide bonds. The van der Waals surface area contributed by atoms with E-state index in [0.29, 0.717) is 5.75 Å². The number of benzene rings is 1. The normalized spacial score (nSPS) is 28.4. The zero-order chi connectivity index (χ0) is 17.7. The summed E-state index contributed by atoms with van der Waals surface area (Å²) in [6.07, 6.45) is -3.56. The van der Waals surface area contributed by atoms with Gasteiger partial charge in [0, 0.05) is 15.4 Å². The minimum Gasteiger partial charge on any atom is -1.00 e. The first kappa shape index (κ1) is 23.1. The van der Waals surface area contributed by atoms with Crippen LogP contribution in [0, 0.1) is 0 Å². The summed E-state index contributed by atoms with van der Waals surface area (Å²) in [6, 6.07) is 7.54. The van der Waals surface area contributed by atoms with Gasteiger partial charge < -0.3 is 42.7 Å². The Morgan fingerprint density at radius 3 is 2.52 bits per heavy atom. The van der Waals surface area contributed by atoms with E-state index in [-0.39, 0.29) is 38.0 Å². The summed E-state index contributed by atoms with van der Waals surface area (Å²) >= 11 is 3.42. The third-order valence-electron chi connectivity index (χ3n) is 4.17. The van der Waals surface area contributed by atoms with Crippen LogP contribution < -0.4 is 12.4 Å². The van der Waals surface area contributed by atoms with Crippen molar-refractivity contribution in [3.05, 3.63) is 34.3 Å². The second-order valence-corrected chi connectivity index (χ2v) is 9.04. The smallest absolute Gasteiger partial charge is 0.169 e. The average molecular weight is 460 g/mol. The van der Waals surface area contributed by atoms with Gasteiger partial charge in [0.25, 0.3) is 0 Å². The molecule has 6 nitrogen and oxygen atoms in total. The van der Waals surface area contributed by atoms with Crippen LogP contribution in [0.2, 0.25) is 0 Å². The van der Waals surface area contributed by atoms with Crippen LogP contribution in [0.3, 0.4) is 0 Å². The van der Waals surface area contributed by atoms with Crippen LogP contribution in [0.15, 0.2) is 28.7 Å². The fourth-order valence-electron chi connectivity index (χ4n) is 2.72. The third-order valence-corrected chi connectivity index (χ3v) is 7.77. The average Bonchev–Trinajstić information content (AvgIpc) is 2.83. The van der Waals surface area contributed by atoms with Gasteiger partial charge in [-0.2, -0.15) is 0 Å². The van der Waals surface area contributed by atoms with E-state index in [0.717, 1.165) is 10.0 Å². The lowest BCUT2D eigenvalue weighted by atomic mass is 10.2. The SMILES string of the molecule is OC[C@H](OCc1ccccc1Br)C(O)C[S+]1C[C@@H](O)[C@H](O)[C@H]1CO.[Cl-]. The first-order chi connectivity index (χ1) is 11.5. The second-order valence-electron chi connectivity index (χ2n) is 5.84. The fraction of sp³-hybridized carbons (Fsp3) is 0.625. The van der Waals surface area contributed by atoms with E-state index in [1.165, 1.54) is 0 Å². The quantitative estimate of drug-likeness (QED) is 0.257. The monoisotopic (exact) mass is 458 g/mol. The molecule has 5 N–H and O–H groups in total. The standard InChI is InChI=1S/C16H24BrO6S.ClH/c17-11-4-2-1-3-10(11)7-23-14(5-18)12(20)8-24-9-13(21)16(22)15(24)6-19;/h1-4,12-16,18-22H,5-9H2;1H/q+1;/p-1/t12?,13-,14+,15-,16+,24?;/m1./s1. The van der Waals surface area contributed by atoms with Crippen molar-refractivity contribution in [3.63, 3.8) is 0 Å². The van der Waals surface area contributed by atoms with Crippen molar-refractivity contribution in [1.82, 2.24) is 0 Å². The van der Waals surface area contributed by atoms with E-state index in [1.807, 2.05) is 24.3 Å². The van der Waals surface area contributed by atoms with E-state index in [4.69, 9.17) is 4.74 Å². The predicted octanol–water partition coefficient (Wildman–Crippen LogP) is -3.59. The molecule has 25 heavy (non-hydrogen) atoms. The molecule has 6 atom stereocenters. The highest BCUT2D eigenvalue weighted by Crippen LogP contribution is 2.25. The van der Waals surface area contributed by atoms with Gasteiger partial charge in [0.05, 0.1) is 19.8 Å². The largest absolute Gasteiger partial charge is 1.00 e. The molecule has 0 aliphatic carbocycles. The number of aliphatic hydroxyl groups is 5. The molecule has 1 heterocycles. The second kappa shape index (κ2) is 11.1. The van der Waals surface area contributed by atoms with Crippen molar-refractivity contribution in [2.45, 2.75) is 36.3 Å². The summed E-state index contributed by atoms with van der Waals surface area (Å²) in [5.41, 5.74) is 0.908. The lowest BCUT2D eigenvalue weighted by molar-refractivity contribution is -0.0625. The minimum atomic E-state index is -0.973. The molecule has 1 saturated heterocycles. The van der Waals surface area contributed by atoms with Crippen molar-refractivity contribution < 1.29 is 42.7 Å². The molecule has 2 rings (SSSR count). The minimum absolute atomic E-state index is 0. The molecule has 0 saturated carbocycles. The number of rotatable bonds is 8. The zero-order valence-corrected chi connectivity index (χ0v) is 16.7. The highest BCUT2D eigenvalue weighted by Gasteiger charge is 2.50. The lowest BCUT2D eigenvalue weighted by Gasteiger charge is -2.22. The Morgan fingerprint density at radius 2 is 1.92 bits per heavy atom. The van der Waals surface area contributed by atoms with Gasteiger partial charge in [-0.1, -0.05) is 34.1 Å². The Labute approximate surface area is 164 Å². The number of halogens is 2. The van der Waals surface area contributed by atoms with Crippen molar-refractivity contribution in [2.24, 2.45) is 0 Å². The number of hydrogen-bond donors (Lipinski definition) is 5. The summed E-state index contributed by atoms with van der Waals surface area (Å²) in [4.78, 5) is 0. The molecular weight excluding hydrogens is 436 g/mol. The van der Waals surface area contributed by atoms with Crippen LogP contribution in [0.1, 0.15) is 5.56 Å². The van der Waals surface area contributed by atoms with E-state index < -0.39 is 40.6 Å². The molecule has 0 aromatic heterocycles. The molecule has 0 bridgehead atoms. The molecule has 2 unspecified atom stereocenters. The lowest BCUT2D eigenvalue weighted by Crippen LogP contribution is -3.00. The highest BCUT2D eigenvalue weighted by molar-refractivity contribution is 9.10. The molecule has 1 aromatic rings. The Morgan fingerprint density at radius 1 is 1.24 bits per heavy atom. The fourth-order valence-corrected chi connectivity index (χ4v) is 5.82. The topological polar surface area (TPSA) is 110 Å². The molecule has 0 spiro atoms. The van der Waals surface area contributed by atoms with Crippen LogP contribution in [-0.4, -0.2) is 79.9 Å². The molecule has 1 aromatic carbocycles. The van der Waals surface area contributed by atoms with E-state index >= 15 is 0 Å². The maximum absolute atomic E-state index is 10.4. The summed E-state index contributed by atoms with van der Waals surface area (Å²) in [5.74, 6) is 0.604. The third kappa shape index (κ3) is 6.05. The summed E-state index contributed by atoms with van der Waals surface area (Å²) in [5, 5.41) is 48.4. The summed E-state index contributed by atoms with van der Waals surface area (Å²) in [7, 11) is -0.530. The van der Waals surface area contributed by atoms with Gasteiger partial charge in [0.1, 0.15) is 35.9 Å². The van der Waals surface area contributed by atoms with Gasteiger partial charge in [-0.05, 0) is 11.6 Å². The van der Waals surface area contributed by atoms with Gasteiger partial charge in [0.15, 0.2) is 5.25 Å². The van der Waals surface area contributed by atoms with Gasteiger partial charge >= 0.3 is 0 Å². The Bertz CT molecular complexity index is 525. The molecule has 1 aliphatic heterocycles. The van der Waals surface area contributed by atoms with Crippen molar-refractivity contribution in [1.29, 1.82) is 0 Å². The van der Waals surface area contributed by atoms with Crippen molar-refractivity contribution >= 4 is 26.8 Å². The van der Waals surface area contributed by atoms with Crippen LogP contribution >= 0.6 is 15.9 Å². The summed E-state index contributed by atoms with van der Waals surface area (Å²) < 4.78 is 6.53. The molecule has 144 valence electrons. The Hall–Kier alpha value is 0.1000. The van der Waals surface area contributed by atoms with Crippen molar-refractivity contribution in [3.8, 4) is 0 Å². The number of aliphatic hydroxyl groups excluding tert-OH is 5. The highest BCUT2D eigenvalue weighted by atomic mass is 79.9. The molecule has 1 aliphatic rings. The van der Waals surface area contributed by atoms with Crippen LogP contribution in [0.4, 0.5) is 0 Å². The van der Waals surface area contributed by atoms with E-state index in [9.17, 15) is 25.5 Å². The maximum atomic E-state index is 10.4.